The maximum Gasteiger partial charge on any atom is 0.315 e. The Hall–Kier alpha value is -2.15. The average Bonchev–Trinajstić information content (AvgIpc) is 2.97. The number of urea groups is 1. The summed E-state index contributed by atoms with van der Waals surface area (Å²) >= 11 is 1.56. The summed E-state index contributed by atoms with van der Waals surface area (Å²) < 4.78 is 5.24. The van der Waals surface area contributed by atoms with Crippen LogP contribution < -0.4 is 15.4 Å². The van der Waals surface area contributed by atoms with Gasteiger partial charge in [-0.2, -0.15) is 0 Å². The molecule has 2 N–H and O–H groups in total. The van der Waals surface area contributed by atoms with E-state index < -0.39 is 0 Å². The fourth-order valence-corrected chi connectivity index (χ4v) is 3.06. The summed E-state index contributed by atoms with van der Waals surface area (Å²) in [5, 5.41) is 8.71. The first-order valence-corrected chi connectivity index (χ1v) is 8.38. The second-order valence-electron chi connectivity index (χ2n) is 5.24. The second-order valence-corrected chi connectivity index (χ2v) is 6.13. The fourth-order valence-electron chi connectivity index (χ4n) is 2.13. The van der Waals surface area contributed by atoms with Gasteiger partial charge in [0.25, 0.3) is 0 Å². The summed E-state index contributed by atoms with van der Waals surface area (Å²) in [5.74, 6) is 0.535. The Morgan fingerprint density at radius 2 is 2.09 bits per heavy atom. The third-order valence-corrected chi connectivity index (χ3v) is 4.44. The lowest BCUT2D eigenvalue weighted by atomic mass is 10.2. The predicted octanol–water partition coefficient (Wildman–Crippen LogP) is 3.11. The van der Waals surface area contributed by atoms with Crippen molar-refractivity contribution in [3.63, 3.8) is 0 Å². The number of hydrogen-bond acceptors (Lipinski definition) is 5. The smallest absolute Gasteiger partial charge is 0.315 e. The molecule has 2 rings (SSSR count). The first-order valence-electron chi connectivity index (χ1n) is 7.50. The van der Waals surface area contributed by atoms with Crippen molar-refractivity contribution < 1.29 is 9.53 Å². The summed E-state index contributed by atoms with van der Waals surface area (Å²) in [5.41, 5.74) is 2.69. The molecule has 2 aromatic rings. The lowest BCUT2D eigenvalue weighted by molar-refractivity contribution is 0.236. The molecular weight excluding hydrogens is 312 g/mol. The maximum atomic E-state index is 12.1. The number of nitrogens with one attached hydrogen (secondary N) is 2. The molecule has 124 valence electrons. The second kappa shape index (κ2) is 7.92. The molecule has 0 aromatic carbocycles. The van der Waals surface area contributed by atoms with E-state index in [9.17, 15) is 4.79 Å². The molecule has 2 heterocycles. The van der Waals surface area contributed by atoms with Crippen LogP contribution in [-0.4, -0.2) is 23.1 Å². The molecule has 0 fully saturated rings. The summed E-state index contributed by atoms with van der Waals surface area (Å²) in [4.78, 5) is 20.9. The van der Waals surface area contributed by atoms with Crippen LogP contribution in [0.15, 0.2) is 17.5 Å². The zero-order valence-electron chi connectivity index (χ0n) is 13.8. The molecule has 7 heteroatoms. The van der Waals surface area contributed by atoms with E-state index in [0.29, 0.717) is 12.4 Å². The maximum absolute atomic E-state index is 12.1. The minimum absolute atomic E-state index is 0.0771. The number of ether oxygens (including phenoxy) is 1. The van der Waals surface area contributed by atoms with E-state index in [-0.39, 0.29) is 12.1 Å². The highest BCUT2D eigenvalue weighted by Crippen LogP contribution is 2.20. The number of thiazole rings is 1. The zero-order valence-corrected chi connectivity index (χ0v) is 14.7. The van der Waals surface area contributed by atoms with Gasteiger partial charge in [-0.1, -0.05) is 13.0 Å². The van der Waals surface area contributed by atoms with Crippen LogP contribution in [0.2, 0.25) is 0 Å². The van der Waals surface area contributed by atoms with Gasteiger partial charge >= 0.3 is 6.03 Å². The quantitative estimate of drug-likeness (QED) is 0.851. The summed E-state index contributed by atoms with van der Waals surface area (Å²) in [6.07, 6.45) is 0.787. The highest BCUT2D eigenvalue weighted by atomic mass is 32.1. The Bertz CT molecular complexity index is 672. The summed E-state index contributed by atoms with van der Waals surface area (Å²) in [6.45, 7) is 6.22. The van der Waals surface area contributed by atoms with Gasteiger partial charge in [0.05, 0.1) is 13.2 Å². The lowest BCUT2D eigenvalue weighted by Crippen LogP contribution is -2.37. The number of aryl methyl sites for hydroxylation is 2. The number of pyridine rings is 1. The standard InChI is InChI=1S/C16H22N4O2S/c1-5-13(15-19-11(3)9-23-15)20-16(21)17-8-12-7-6-10(2)18-14(12)22-4/h6-7,9,13H,5,8H2,1-4H3,(H2,17,20,21)/t13-/m1/s1. The number of nitrogens with zero attached hydrogens (tertiary/aromatic N) is 2. The molecule has 0 saturated heterocycles. The zero-order chi connectivity index (χ0) is 16.8. The molecule has 0 unspecified atom stereocenters. The van der Waals surface area contributed by atoms with Crippen molar-refractivity contribution in [3.8, 4) is 5.88 Å². The number of hydrogen-bond donors (Lipinski definition) is 2. The molecule has 2 amide bonds. The number of aromatic nitrogens is 2. The topological polar surface area (TPSA) is 76.1 Å². The van der Waals surface area contributed by atoms with Crippen LogP contribution in [0.1, 0.15) is 41.3 Å². The highest BCUT2D eigenvalue weighted by Gasteiger charge is 2.16. The first kappa shape index (κ1) is 17.2. The van der Waals surface area contributed by atoms with Gasteiger partial charge in [-0.05, 0) is 26.3 Å². The molecule has 23 heavy (non-hydrogen) atoms. The number of rotatable bonds is 6. The van der Waals surface area contributed by atoms with Gasteiger partial charge in [-0.25, -0.2) is 14.8 Å². The minimum atomic E-state index is -0.229. The van der Waals surface area contributed by atoms with Crippen molar-refractivity contribution in [1.29, 1.82) is 0 Å². The van der Waals surface area contributed by atoms with Crippen molar-refractivity contribution in [2.24, 2.45) is 0 Å². The van der Waals surface area contributed by atoms with Crippen LogP contribution >= 0.6 is 11.3 Å². The molecular formula is C16H22N4O2S. The monoisotopic (exact) mass is 334 g/mol. The van der Waals surface area contributed by atoms with Crippen molar-refractivity contribution in [2.75, 3.05) is 7.11 Å². The lowest BCUT2D eigenvalue weighted by Gasteiger charge is -2.16. The summed E-state index contributed by atoms with van der Waals surface area (Å²) in [6, 6.07) is 3.49. The molecule has 0 radical (unpaired) electrons. The number of carbonyl (C=O) groups excluding carboxylic acids is 1. The van der Waals surface area contributed by atoms with Crippen LogP contribution in [0.3, 0.4) is 0 Å². The number of carbonyl (C=O) groups is 1. The van der Waals surface area contributed by atoms with Gasteiger partial charge in [-0.3, -0.25) is 0 Å². The minimum Gasteiger partial charge on any atom is -0.481 e. The fraction of sp³-hybridized carbons (Fsp3) is 0.438. The van der Waals surface area contributed by atoms with E-state index >= 15 is 0 Å². The third kappa shape index (κ3) is 4.66. The van der Waals surface area contributed by atoms with E-state index in [1.54, 1.807) is 18.4 Å². The van der Waals surface area contributed by atoms with Gasteiger partial charge < -0.3 is 15.4 Å². The van der Waals surface area contributed by atoms with Crippen LogP contribution in [0.25, 0.3) is 0 Å². The largest absolute Gasteiger partial charge is 0.481 e. The van der Waals surface area contributed by atoms with E-state index in [1.807, 2.05) is 38.3 Å². The average molecular weight is 334 g/mol. The van der Waals surface area contributed by atoms with Gasteiger partial charge in [0.1, 0.15) is 5.01 Å². The number of methoxy groups -OCH3 is 1. The molecule has 0 spiro atoms. The molecule has 0 bridgehead atoms. The molecule has 0 aliphatic rings. The van der Waals surface area contributed by atoms with E-state index in [0.717, 1.165) is 28.4 Å². The predicted molar refractivity (Wildman–Crippen MR) is 90.8 cm³/mol. The van der Waals surface area contributed by atoms with Gasteiger partial charge in [0.15, 0.2) is 0 Å². The SMILES string of the molecule is CC[C@@H](NC(=O)NCc1ccc(C)nc1OC)c1nc(C)cs1. The number of amides is 2. The Balaban J connectivity index is 1.94. The molecule has 1 atom stereocenters. The third-order valence-electron chi connectivity index (χ3n) is 3.36. The van der Waals surface area contributed by atoms with E-state index in [1.165, 1.54) is 0 Å². The van der Waals surface area contributed by atoms with E-state index in [4.69, 9.17) is 4.74 Å². The molecule has 6 nitrogen and oxygen atoms in total. The Labute approximate surface area is 140 Å². The first-order chi connectivity index (χ1) is 11.0. The van der Waals surface area contributed by atoms with E-state index in [2.05, 4.69) is 20.6 Å². The Morgan fingerprint density at radius 1 is 1.30 bits per heavy atom. The van der Waals surface area contributed by atoms with Crippen LogP contribution in [0.5, 0.6) is 5.88 Å². The molecule has 0 aliphatic heterocycles. The van der Waals surface area contributed by atoms with Gasteiger partial charge in [-0.15, -0.1) is 11.3 Å². The van der Waals surface area contributed by atoms with Crippen LogP contribution in [0.4, 0.5) is 4.79 Å². The Kier molecular flexibility index (Phi) is 5.92. The highest BCUT2D eigenvalue weighted by molar-refractivity contribution is 7.09. The van der Waals surface area contributed by atoms with Gasteiger partial charge in [0, 0.05) is 28.9 Å². The summed E-state index contributed by atoms with van der Waals surface area (Å²) in [7, 11) is 1.57. The Morgan fingerprint density at radius 3 is 2.70 bits per heavy atom. The van der Waals surface area contributed by atoms with Crippen LogP contribution in [0, 0.1) is 13.8 Å². The van der Waals surface area contributed by atoms with Crippen molar-refractivity contribution >= 4 is 17.4 Å². The van der Waals surface area contributed by atoms with Crippen LogP contribution in [-0.2, 0) is 6.54 Å². The van der Waals surface area contributed by atoms with Crippen molar-refractivity contribution in [3.05, 3.63) is 39.5 Å². The van der Waals surface area contributed by atoms with Crippen molar-refractivity contribution in [1.82, 2.24) is 20.6 Å². The molecule has 0 aliphatic carbocycles. The molecule has 2 aromatic heterocycles. The van der Waals surface area contributed by atoms with Crippen molar-refractivity contribution in [2.45, 2.75) is 39.8 Å². The molecule has 0 saturated carbocycles. The van der Waals surface area contributed by atoms with Gasteiger partial charge in [0.2, 0.25) is 5.88 Å². The normalized spacial score (nSPS) is 11.8.